The van der Waals surface area contributed by atoms with Crippen LogP contribution in [0, 0.1) is 5.92 Å². The van der Waals surface area contributed by atoms with Crippen LogP contribution in [0.4, 0.5) is 4.79 Å². The molecule has 3 amide bonds. The number of imide groups is 1. The van der Waals surface area contributed by atoms with Gasteiger partial charge in [0.1, 0.15) is 5.60 Å². The predicted octanol–water partition coefficient (Wildman–Crippen LogP) is 2.43. The third-order valence-corrected chi connectivity index (χ3v) is 4.23. The Morgan fingerprint density at radius 2 is 1.70 bits per heavy atom. The van der Waals surface area contributed by atoms with Gasteiger partial charge in [0, 0.05) is 6.04 Å². The first-order valence-electron chi connectivity index (χ1n) is 8.84. The van der Waals surface area contributed by atoms with Crippen LogP contribution in [0.25, 0.3) is 0 Å². The Balaban J connectivity index is 1.60. The van der Waals surface area contributed by atoms with Crippen LogP contribution in [0.5, 0.6) is 0 Å². The number of nitrogens with zero attached hydrogens (tertiary/aromatic N) is 1. The number of amides is 3. The van der Waals surface area contributed by atoms with Gasteiger partial charge in [0.2, 0.25) is 0 Å². The van der Waals surface area contributed by atoms with E-state index in [4.69, 9.17) is 9.57 Å². The molecule has 0 spiro atoms. The average molecular weight is 374 g/mol. The number of hydrogen-bond acceptors (Lipinski definition) is 6. The Hall–Kier alpha value is -2.90. The highest BCUT2D eigenvalue weighted by Crippen LogP contribution is 2.34. The molecule has 8 heteroatoms. The first-order valence-corrected chi connectivity index (χ1v) is 8.84. The molecule has 0 radical (unpaired) electrons. The second kappa shape index (κ2) is 7.02. The number of fused-ring (bicyclic) bond motifs is 1. The lowest BCUT2D eigenvalue weighted by molar-refractivity contribution is -0.169. The van der Waals surface area contributed by atoms with Crippen molar-refractivity contribution < 1.29 is 28.8 Å². The molecule has 1 saturated carbocycles. The minimum absolute atomic E-state index is 0.146. The van der Waals surface area contributed by atoms with Gasteiger partial charge in [-0.15, -0.1) is 0 Å². The Labute approximate surface area is 156 Å². The Morgan fingerprint density at radius 1 is 1.15 bits per heavy atom. The molecule has 1 heterocycles. The molecule has 27 heavy (non-hydrogen) atoms. The van der Waals surface area contributed by atoms with Crippen molar-refractivity contribution in [1.29, 1.82) is 0 Å². The van der Waals surface area contributed by atoms with E-state index >= 15 is 0 Å². The van der Waals surface area contributed by atoms with E-state index < -0.39 is 35.5 Å². The maximum atomic E-state index is 12.3. The van der Waals surface area contributed by atoms with E-state index in [1.807, 2.05) is 0 Å². The fraction of sp³-hybridized carbons (Fsp3) is 0.474. The fourth-order valence-electron chi connectivity index (χ4n) is 2.86. The summed E-state index contributed by atoms with van der Waals surface area (Å²) in [5.41, 5.74) is -0.263. The number of carbonyl (C=O) groups excluding carboxylic acids is 4. The third kappa shape index (κ3) is 4.45. The van der Waals surface area contributed by atoms with Gasteiger partial charge in [-0.25, -0.2) is 9.59 Å². The van der Waals surface area contributed by atoms with E-state index in [9.17, 15) is 19.2 Å². The van der Waals surface area contributed by atoms with Crippen LogP contribution >= 0.6 is 0 Å². The minimum atomic E-state index is -0.766. The Morgan fingerprint density at radius 3 is 2.19 bits per heavy atom. The van der Waals surface area contributed by atoms with Gasteiger partial charge in [0.15, 0.2) is 0 Å². The minimum Gasteiger partial charge on any atom is -0.444 e. The molecule has 1 aromatic carbocycles. The van der Waals surface area contributed by atoms with E-state index in [0.717, 1.165) is 12.8 Å². The van der Waals surface area contributed by atoms with Crippen LogP contribution in [0.3, 0.4) is 0 Å². The van der Waals surface area contributed by atoms with Crippen molar-refractivity contribution in [2.45, 2.75) is 51.7 Å². The zero-order valence-corrected chi connectivity index (χ0v) is 15.5. The number of carbonyl (C=O) groups is 4. The molecule has 1 aliphatic heterocycles. The van der Waals surface area contributed by atoms with E-state index in [1.165, 1.54) is 12.1 Å². The molecule has 1 aliphatic carbocycles. The summed E-state index contributed by atoms with van der Waals surface area (Å²) in [7, 11) is 0. The number of hydrogen-bond donors (Lipinski definition) is 1. The van der Waals surface area contributed by atoms with Gasteiger partial charge in [-0.2, -0.15) is 0 Å². The summed E-state index contributed by atoms with van der Waals surface area (Å²) in [5.74, 6) is -1.97. The quantitative estimate of drug-likeness (QED) is 0.794. The second-order valence-electron chi connectivity index (χ2n) is 7.71. The van der Waals surface area contributed by atoms with Gasteiger partial charge in [0.05, 0.1) is 17.5 Å². The van der Waals surface area contributed by atoms with Crippen molar-refractivity contribution in [3.8, 4) is 0 Å². The summed E-state index contributed by atoms with van der Waals surface area (Å²) in [6, 6.07) is 5.79. The monoisotopic (exact) mass is 374 g/mol. The lowest BCUT2D eigenvalue weighted by atomic mass is 10.1. The average Bonchev–Trinajstić information content (AvgIpc) is 3.38. The normalized spacial score (nSPS) is 17.4. The maximum Gasteiger partial charge on any atom is 0.407 e. The highest BCUT2D eigenvalue weighted by molar-refractivity contribution is 6.20. The standard InChI is InChI=1S/C19H22N2O6/c1-19(2,3)26-18(25)20-14(11-8-9-11)10-15(22)27-21-16(23)12-6-4-5-7-13(12)17(21)24/h4-7,11,14H,8-10H2,1-3H3,(H,20,25)/t14-/m1/s1. The molecule has 144 valence electrons. The molecule has 1 atom stereocenters. The van der Waals surface area contributed by atoms with Gasteiger partial charge in [-0.1, -0.05) is 17.2 Å². The number of nitrogens with one attached hydrogen (secondary N) is 1. The molecular formula is C19H22N2O6. The van der Waals surface area contributed by atoms with Gasteiger partial charge in [-0.3, -0.25) is 9.59 Å². The maximum absolute atomic E-state index is 12.3. The van der Waals surface area contributed by atoms with Crippen molar-refractivity contribution >= 4 is 23.9 Å². The molecule has 3 rings (SSSR count). The van der Waals surface area contributed by atoms with Gasteiger partial charge in [-0.05, 0) is 51.7 Å². The fourth-order valence-corrected chi connectivity index (χ4v) is 2.86. The van der Waals surface area contributed by atoms with Gasteiger partial charge >= 0.3 is 12.1 Å². The van der Waals surface area contributed by atoms with Crippen molar-refractivity contribution in [3.63, 3.8) is 0 Å². The molecule has 1 N–H and O–H groups in total. The highest BCUT2D eigenvalue weighted by Gasteiger charge is 2.40. The molecule has 0 saturated heterocycles. The molecule has 8 nitrogen and oxygen atoms in total. The SMILES string of the molecule is CC(C)(C)OC(=O)N[C@H](CC(=O)ON1C(=O)c2ccccc2C1=O)C1CC1. The van der Waals surface area contributed by atoms with Crippen molar-refractivity contribution in [1.82, 2.24) is 10.4 Å². The first kappa shape index (κ1) is 18.9. The largest absolute Gasteiger partial charge is 0.444 e. The molecule has 0 bridgehead atoms. The highest BCUT2D eigenvalue weighted by atomic mass is 16.7. The predicted molar refractivity (Wildman–Crippen MR) is 93.5 cm³/mol. The smallest absolute Gasteiger partial charge is 0.407 e. The number of ether oxygens (including phenoxy) is 1. The lowest BCUT2D eigenvalue weighted by Crippen LogP contribution is -2.42. The van der Waals surface area contributed by atoms with E-state index in [1.54, 1.807) is 32.9 Å². The summed E-state index contributed by atoms with van der Waals surface area (Å²) < 4.78 is 5.22. The van der Waals surface area contributed by atoms with E-state index in [0.29, 0.717) is 5.06 Å². The van der Waals surface area contributed by atoms with Crippen molar-refractivity contribution in [2.75, 3.05) is 0 Å². The molecule has 0 aromatic heterocycles. The van der Waals surface area contributed by atoms with Crippen LogP contribution in [0.2, 0.25) is 0 Å². The first-order chi connectivity index (χ1) is 12.7. The molecule has 2 aliphatic rings. The summed E-state index contributed by atoms with van der Waals surface area (Å²) in [5, 5.41) is 3.16. The third-order valence-electron chi connectivity index (χ3n) is 4.23. The van der Waals surface area contributed by atoms with Crippen LogP contribution < -0.4 is 5.32 Å². The summed E-state index contributed by atoms with van der Waals surface area (Å²) in [6.45, 7) is 5.24. The molecule has 0 unspecified atom stereocenters. The number of alkyl carbamates (subject to hydrolysis) is 1. The van der Waals surface area contributed by atoms with Crippen LogP contribution in [0.15, 0.2) is 24.3 Å². The zero-order chi connectivity index (χ0) is 19.8. The Kier molecular flexibility index (Phi) is 4.91. The van der Waals surface area contributed by atoms with Gasteiger partial charge < -0.3 is 14.9 Å². The topological polar surface area (TPSA) is 102 Å². The van der Waals surface area contributed by atoms with E-state index in [-0.39, 0.29) is 23.5 Å². The van der Waals surface area contributed by atoms with Crippen molar-refractivity contribution in [2.24, 2.45) is 5.92 Å². The van der Waals surface area contributed by atoms with Crippen LogP contribution in [-0.2, 0) is 14.4 Å². The summed E-state index contributed by atoms with van der Waals surface area (Å²) in [6.07, 6.45) is 0.978. The zero-order valence-electron chi connectivity index (χ0n) is 15.5. The Bertz CT molecular complexity index is 759. The molecule has 1 fully saturated rings. The lowest BCUT2D eigenvalue weighted by Gasteiger charge is -2.23. The molecule has 1 aromatic rings. The van der Waals surface area contributed by atoms with Gasteiger partial charge in [0.25, 0.3) is 11.8 Å². The number of rotatable bonds is 5. The van der Waals surface area contributed by atoms with Crippen LogP contribution in [-0.4, -0.2) is 40.6 Å². The number of benzene rings is 1. The summed E-state index contributed by atoms with van der Waals surface area (Å²) >= 11 is 0. The van der Waals surface area contributed by atoms with E-state index in [2.05, 4.69) is 5.32 Å². The van der Waals surface area contributed by atoms with Crippen molar-refractivity contribution in [3.05, 3.63) is 35.4 Å². The second-order valence-corrected chi connectivity index (χ2v) is 7.71. The molecular weight excluding hydrogens is 352 g/mol. The van der Waals surface area contributed by atoms with Crippen LogP contribution in [0.1, 0.15) is 60.7 Å². The number of hydroxylamine groups is 2. The summed E-state index contributed by atoms with van der Waals surface area (Å²) in [4.78, 5) is 53.8.